The van der Waals surface area contributed by atoms with E-state index in [1.165, 1.54) is 14.2 Å². The molecule has 0 N–H and O–H groups in total. The van der Waals surface area contributed by atoms with Gasteiger partial charge in [-0.25, -0.2) is 0 Å². The molecule has 0 radical (unpaired) electrons. The van der Waals surface area contributed by atoms with Crippen LogP contribution in [0.15, 0.2) is 22.7 Å². The maximum atomic E-state index is 12.7. The highest BCUT2D eigenvalue weighted by atomic mass is 16.5. The van der Waals surface area contributed by atoms with Crippen LogP contribution in [0.3, 0.4) is 0 Å². The van der Waals surface area contributed by atoms with Crippen LogP contribution in [0.2, 0.25) is 0 Å². The minimum atomic E-state index is -0.419. The topological polar surface area (TPSA) is 52.6 Å². The number of hydrogen-bond acceptors (Lipinski definition) is 4. The Morgan fingerprint density at radius 1 is 0.857 bits per heavy atom. The van der Waals surface area contributed by atoms with E-state index in [0.717, 1.165) is 6.42 Å². The summed E-state index contributed by atoms with van der Waals surface area (Å²) >= 11 is 0. The molecule has 4 nitrogen and oxygen atoms in total. The Morgan fingerprint density at radius 3 is 1.67 bits per heavy atom. The molecule has 0 aromatic carbocycles. The molecule has 0 fully saturated rings. The lowest BCUT2D eigenvalue weighted by molar-refractivity contribution is -0.122. The second-order valence-electron chi connectivity index (χ2n) is 7.35. The van der Waals surface area contributed by atoms with Gasteiger partial charge in [-0.15, -0.1) is 0 Å². The van der Waals surface area contributed by atoms with Crippen molar-refractivity contribution < 1.29 is 19.1 Å². The van der Waals surface area contributed by atoms with Crippen LogP contribution in [-0.4, -0.2) is 25.8 Å². The lowest BCUT2D eigenvalue weighted by atomic mass is 9.68. The number of Topliss-reactive ketones (excluding diaryl/α,β-unsaturated/α-hetero) is 2. The van der Waals surface area contributed by atoms with Crippen molar-refractivity contribution >= 4 is 11.6 Å². The summed E-state index contributed by atoms with van der Waals surface area (Å²) in [4.78, 5) is 25.2. The molecule has 0 heterocycles. The summed E-state index contributed by atoms with van der Waals surface area (Å²) in [5.41, 5.74) is 0.600. The molecule has 118 valence electrons. The molecule has 0 spiro atoms. The Kier molecular flexibility index (Phi) is 4.71. The zero-order valence-electron chi connectivity index (χ0n) is 14.3. The zero-order valence-corrected chi connectivity index (χ0v) is 14.3. The molecule has 1 aliphatic rings. The molecule has 21 heavy (non-hydrogen) atoms. The van der Waals surface area contributed by atoms with E-state index in [1.807, 2.05) is 13.8 Å². The summed E-state index contributed by atoms with van der Waals surface area (Å²) < 4.78 is 10.2. The van der Waals surface area contributed by atoms with Gasteiger partial charge in [0.1, 0.15) is 0 Å². The molecule has 0 unspecified atom stereocenters. The molecular formula is C17H26O4. The first kappa shape index (κ1) is 17.5. The summed E-state index contributed by atoms with van der Waals surface area (Å²) in [6, 6.07) is 0. The molecule has 0 atom stereocenters. The minimum Gasteiger partial charge on any atom is -0.489 e. The minimum absolute atomic E-state index is 0.00434. The fourth-order valence-electron chi connectivity index (χ4n) is 3.37. The quantitative estimate of drug-likeness (QED) is 0.745. The van der Waals surface area contributed by atoms with Crippen molar-refractivity contribution in [3.8, 4) is 0 Å². The fraction of sp³-hybridized carbons (Fsp3) is 0.647. The molecule has 0 saturated heterocycles. The summed E-state index contributed by atoms with van der Waals surface area (Å²) in [6.45, 7) is 12.0. The number of allylic oxidation sites excluding steroid dienone is 2. The smallest absolute Gasteiger partial charge is 0.228 e. The normalized spacial score (nSPS) is 17.5. The van der Waals surface area contributed by atoms with Crippen LogP contribution >= 0.6 is 0 Å². The number of hydrogen-bond donors (Lipinski definition) is 0. The van der Waals surface area contributed by atoms with Crippen molar-refractivity contribution in [2.45, 2.75) is 48.0 Å². The van der Waals surface area contributed by atoms with E-state index in [-0.39, 0.29) is 28.5 Å². The number of ketones is 2. The van der Waals surface area contributed by atoms with Gasteiger partial charge in [0.25, 0.3) is 0 Å². The van der Waals surface area contributed by atoms with Gasteiger partial charge in [0, 0.05) is 11.1 Å². The van der Waals surface area contributed by atoms with Crippen LogP contribution < -0.4 is 0 Å². The second-order valence-corrected chi connectivity index (χ2v) is 7.35. The highest BCUT2D eigenvalue weighted by Crippen LogP contribution is 2.43. The summed E-state index contributed by atoms with van der Waals surface area (Å²) in [6.07, 6.45) is 0.783. The summed E-state index contributed by atoms with van der Waals surface area (Å²) in [5, 5.41) is 0. The highest BCUT2D eigenvalue weighted by molar-refractivity contribution is 6.23. The first-order valence-electron chi connectivity index (χ1n) is 7.09. The van der Waals surface area contributed by atoms with Gasteiger partial charge in [-0.1, -0.05) is 34.6 Å². The van der Waals surface area contributed by atoms with Gasteiger partial charge < -0.3 is 9.47 Å². The predicted octanol–water partition coefficient (Wildman–Crippen LogP) is 3.42. The van der Waals surface area contributed by atoms with Gasteiger partial charge in [0.05, 0.1) is 14.2 Å². The Bertz CT molecular complexity index is 527. The lowest BCUT2D eigenvalue weighted by Gasteiger charge is -2.36. The number of carbonyl (C=O) groups is 2. The van der Waals surface area contributed by atoms with Crippen molar-refractivity contribution in [3.63, 3.8) is 0 Å². The Balaban J connectivity index is 3.40. The fourth-order valence-corrected chi connectivity index (χ4v) is 3.37. The predicted molar refractivity (Wildman–Crippen MR) is 81.6 cm³/mol. The molecule has 0 saturated carbocycles. The lowest BCUT2D eigenvalue weighted by Crippen LogP contribution is -2.34. The standard InChI is InChI=1S/C17H26O4/c1-10-11(17(5,6)9-16(2,3)4)13(19)15(21-8)14(20-7)12(10)18/h9H2,1-8H3. The third-order valence-corrected chi connectivity index (χ3v) is 3.62. The average Bonchev–Trinajstić information content (AvgIpc) is 2.29. The van der Waals surface area contributed by atoms with Crippen molar-refractivity contribution in [2.75, 3.05) is 14.2 Å². The summed E-state index contributed by atoms with van der Waals surface area (Å²) in [7, 11) is 2.76. The third-order valence-electron chi connectivity index (χ3n) is 3.62. The van der Waals surface area contributed by atoms with Gasteiger partial charge in [0.2, 0.25) is 23.1 Å². The van der Waals surface area contributed by atoms with E-state index in [1.54, 1.807) is 6.92 Å². The highest BCUT2D eigenvalue weighted by Gasteiger charge is 2.42. The zero-order chi connectivity index (χ0) is 16.6. The summed E-state index contributed by atoms with van der Waals surface area (Å²) in [5.74, 6) is -0.521. The van der Waals surface area contributed by atoms with E-state index >= 15 is 0 Å². The van der Waals surface area contributed by atoms with E-state index in [0.29, 0.717) is 11.1 Å². The Morgan fingerprint density at radius 2 is 1.29 bits per heavy atom. The van der Waals surface area contributed by atoms with E-state index < -0.39 is 5.41 Å². The van der Waals surface area contributed by atoms with Crippen LogP contribution in [0.25, 0.3) is 0 Å². The van der Waals surface area contributed by atoms with Crippen molar-refractivity contribution in [1.82, 2.24) is 0 Å². The van der Waals surface area contributed by atoms with Crippen molar-refractivity contribution in [1.29, 1.82) is 0 Å². The van der Waals surface area contributed by atoms with Crippen LogP contribution in [0.5, 0.6) is 0 Å². The second kappa shape index (κ2) is 5.66. The van der Waals surface area contributed by atoms with E-state index in [9.17, 15) is 9.59 Å². The molecule has 0 amide bonds. The average molecular weight is 294 g/mol. The maximum absolute atomic E-state index is 12.7. The molecule has 0 aliphatic heterocycles. The van der Waals surface area contributed by atoms with Crippen LogP contribution in [0.1, 0.15) is 48.0 Å². The molecule has 0 aromatic rings. The molecular weight excluding hydrogens is 268 g/mol. The largest absolute Gasteiger partial charge is 0.489 e. The van der Waals surface area contributed by atoms with Crippen LogP contribution in [-0.2, 0) is 19.1 Å². The van der Waals surface area contributed by atoms with Gasteiger partial charge in [-0.05, 0) is 24.2 Å². The van der Waals surface area contributed by atoms with E-state index in [2.05, 4.69) is 20.8 Å². The van der Waals surface area contributed by atoms with Crippen LogP contribution in [0, 0.1) is 10.8 Å². The molecule has 0 bridgehead atoms. The number of methoxy groups -OCH3 is 2. The van der Waals surface area contributed by atoms with Crippen LogP contribution in [0.4, 0.5) is 0 Å². The number of ether oxygens (including phenoxy) is 2. The molecule has 1 aliphatic carbocycles. The van der Waals surface area contributed by atoms with Gasteiger partial charge >= 0.3 is 0 Å². The van der Waals surface area contributed by atoms with Gasteiger partial charge in [0.15, 0.2) is 0 Å². The number of carbonyl (C=O) groups excluding carboxylic acids is 2. The van der Waals surface area contributed by atoms with Crippen molar-refractivity contribution in [3.05, 3.63) is 22.7 Å². The van der Waals surface area contributed by atoms with Gasteiger partial charge in [-0.2, -0.15) is 0 Å². The first-order valence-corrected chi connectivity index (χ1v) is 7.09. The maximum Gasteiger partial charge on any atom is 0.228 e. The molecule has 4 heteroatoms. The first-order chi connectivity index (χ1) is 9.46. The number of rotatable bonds is 4. The van der Waals surface area contributed by atoms with E-state index in [4.69, 9.17) is 9.47 Å². The molecule has 0 aromatic heterocycles. The SMILES string of the molecule is COC1=C(OC)C(=O)C(C(C)(C)CC(C)(C)C)=C(C)C1=O. The Hall–Kier alpha value is -1.58. The van der Waals surface area contributed by atoms with Gasteiger partial charge in [-0.3, -0.25) is 9.59 Å². The van der Waals surface area contributed by atoms with Crippen molar-refractivity contribution in [2.24, 2.45) is 10.8 Å². The third kappa shape index (κ3) is 3.36. The Labute approximate surface area is 127 Å². The monoisotopic (exact) mass is 294 g/mol. The molecule has 1 rings (SSSR count).